The summed E-state index contributed by atoms with van der Waals surface area (Å²) in [5.74, 6) is -0.837. The van der Waals surface area contributed by atoms with Gasteiger partial charge in [-0.15, -0.1) is 11.3 Å². The van der Waals surface area contributed by atoms with Crippen molar-refractivity contribution in [3.63, 3.8) is 0 Å². The van der Waals surface area contributed by atoms with E-state index in [4.69, 9.17) is 12.2 Å². The molecule has 0 bridgehead atoms. The van der Waals surface area contributed by atoms with Gasteiger partial charge in [-0.1, -0.05) is 6.92 Å². The summed E-state index contributed by atoms with van der Waals surface area (Å²) in [6, 6.07) is 3.83. The number of rotatable bonds is 3. The van der Waals surface area contributed by atoms with Gasteiger partial charge in [0.2, 0.25) is 5.82 Å². The topological polar surface area (TPSA) is 58.9 Å². The Labute approximate surface area is 111 Å². The molecular formula is C11H9FN2O2S2. The zero-order valence-electron chi connectivity index (χ0n) is 9.40. The number of aromatic amines is 1. The molecule has 4 nitrogen and oxygen atoms in total. The molecule has 0 aliphatic heterocycles. The van der Waals surface area contributed by atoms with Crippen LogP contribution in [0.5, 0.6) is 0 Å². The zero-order chi connectivity index (χ0) is 13.3. The Kier molecular flexibility index (Phi) is 3.53. The lowest BCUT2D eigenvalue weighted by molar-refractivity contribution is -0.387. The van der Waals surface area contributed by atoms with Crippen LogP contribution in [0, 0.1) is 19.9 Å². The third-order valence-corrected chi connectivity index (χ3v) is 3.85. The number of nitrogens with zero attached hydrogens (tertiary/aromatic N) is 1. The van der Waals surface area contributed by atoms with Gasteiger partial charge < -0.3 is 4.98 Å². The van der Waals surface area contributed by atoms with E-state index < -0.39 is 16.4 Å². The van der Waals surface area contributed by atoms with Crippen LogP contribution in [-0.4, -0.2) is 9.91 Å². The number of benzene rings is 1. The molecule has 0 atom stereocenters. The first kappa shape index (κ1) is 12.8. The van der Waals surface area contributed by atoms with E-state index >= 15 is 0 Å². The van der Waals surface area contributed by atoms with Gasteiger partial charge in [0.25, 0.3) is 0 Å². The maximum absolute atomic E-state index is 13.3. The van der Waals surface area contributed by atoms with Crippen LogP contribution < -0.4 is 0 Å². The molecule has 0 fully saturated rings. The lowest BCUT2D eigenvalue weighted by Crippen LogP contribution is -1.93. The summed E-state index contributed by atoms with van der Waals surface area (Å²) in [6.45, 7) is 1.97. The van der Waals surface area contributed by atoms with Crippen molar-refractivity contribution in [1.29, 1.82) is 0 Å². The molecule has 1 heterocycles. The number of nitrogens with one attached hydrogen (secondary N) is 1. The van der Waals surface area contributed by atoms with Crippen molar-refractivity contribution in [2.45, 2.75) is 13.3 Å². The number of H-pyrrole nitrogens is 1. The SMILES string of the molecule is CCc1sc(=S)[nH]c1-c1ccc(F)c([N+](=O)[O-])c1. The van der Waals surface area contributed by atoms with Crippen LogP contribution in [0.4, 0.5) is 10.1 Å². The van der Waals surface area contributed by atoms with E-state index in [9.17, 15) is 14.5 Å². The number of aryl methyl sites for hydroxylation is 1. The standard InChI is InChI=1S/C11H9FN2O2S2/c1-2-9-10(13-11(17)18-9)6-3-4-7(12)8(5-6)14(15)16/h3-5H,2H2,1H3,(H,13,17). The summed E-state index contributed by atoms with van der Waals surface area (Å²) < 4.78 is 13.9. The summed E-state index contributed by atoms with van der Waals surface area (Å²) >= 11 is 6.48. The van der Waals surface area contributed by atoms with Gasteiger partial charge in [0.1, 0.15) is 0 Å². The number of halogens is 1. The predicted octanol–water partition coefficient (Wildman–Crippen LogP) is 4.08. The van der Waals surface area contributed by atoms with Crippen LogP contribution in [0.1, 0.15) is 11.8 Å². The minimum atomic E-state index is -0.837. The summed E-state index contributed by atoms with van der Waals surface area (Å²) in [7, 11) is 0. The van der Waals surface area contributed by atoms with Gasteiger partial charge in [0.15, 0.2) is 3.95 Å². The van der Waals surface area contributed by atoms with Crippen LogP contribution in [0.15, 0.2) is 18.2 Å². The first-order valence-electron chi connectivity index (χ1n) is 5.19. The normalized spacial score (nSPS) is 10.6. The molecule has 0 saturated carbocycles. The van der Waals surface area contributed by atoms with Crippen molar-refractivity contribution in [2.75, 3.05) is 0 Å². The first-order valence-corrected chi connectivity index (χ1v) is 6.41. The number of nitro groups is 1. The Balaban J connectivity index is 2.60. The average molecular weight is 284 g/mol. The van der Waals surface area contributed by atoms with E-state index in [-0.39, 0.29) is 0 Å². The van der Waals surface area contributed by atoms with Crippen LogP contribution in [0.25, 0.3) is 11.3 Å². The molecule has 2 aromatic rings. The molecule has 0 aliphatic rings. The molecule has 0 aliphatic carbocycles. The molecule has 1 aromatic carbocycles. The first-order chi connectivity index (χ1) is 8.52. The Bertz CT molecular complexity index is 663. The molecule has 7 heteroatoms. The Morgan fingerprint density at radius 1 is 1.56 bits per heavy atom. The van der Waals surface area contributed by atoms with Crippen molar-refractivity contribution < 1.29 is 9.31 Å². The molecule has 94 valence electrons. The molecular weight excluding hydrogens is 275 g/mol. The average Bonchev–Trinajstić information content (AvgIpc) is 2.70. The second-order valence-corrected chi connectivity index (χ2v) is 5.36. The molecule has 18 heavy (non-hydrogen) atoms. The largest absolute Gasteiger partial charge is 0.337 e. The van der Waals surface area contributed by atoms with Gasteiger partial charge >= 0.3 is 5.69 Å². The molecule has 0 radical (unpaired) electrons. The third-order valence-electron chi connectivity index (χ3n) is 2.47. The molecule has 1 aromatic heterocycles. The van der Waals surface area contributed by atoms with Gasteiger partial charge in [-0.25, -0.2) is 0 Å². The smallest absolute Gasteiger partial charge is 0.305 e. The molecule has 0 saturated heterocycles. The highest BCUT2D eigenvalue weighted by atomic mass is 32.1. The quantitative estimate of drug-likeness (QED) is 0.525. The van der Waals surface area contributed by atoms with E-state index in [0.717, 1.165) is 23.1 Å². The zero-order valence-corrected chi connectivity index (χ0v) is 11.0. The van der Waals surface area contributed by atoms with E-state index in [1.807, 2.05) is 6.92 Å². The maximum Gasteiger partial charge on any atom is 0.305 e. The number of nitro benzene ring substituents is 1. The second-order valence-electron chi connectivity index (χ2n) is 3.59. The van der Waals surface area contributed by atoms with Gasteiger partial charge in [-0.05, 0) is 30.8 Å². The lowest BCUT2D eigenvalue weighted by Gasteiger charge is -2.02. The summed E-state index contributed by atoms with van der Waals surface area (Å²) in [5, 5.41) is 10.7. The number of hydrogen-bond acceptors (Lipinski definition) is 4. The van der Waals surface area contributed by atoms with Gasteiger partial charge in [0, 0.05) is 16.5 Å². The van der Waals surface area contributed by atoms with E-state index in [2.05, 4.69) is 4.98 Å². The highest BCUT2D eigenvalue weighted by Gasteiger charge is 2.17. The van der Waals surface area contributed by atoms with E-state index in [1.54, 1.807) is 0 Å². The highest BCUT2D eigenvalue weighted by molar-refractivity contribution is 7.73. The number of aromatic nitrogens is 1. The lowest BCUT2D eigenvalue weighted by atomic mass is 10.1. The number of hydrogen-bond donors (Lipinski definition) is 1. The molecule has 0 amide bonds. The van der Waals surface area contributed by atoms with Gasteiger partial charge in [0.05, 0.1) is 10.6 Å². The Hall–Kier alpha value is -1.60. The summed E-state index contributed by atoms with van der Waals surface area (Å²) in [6.07, 6.45) is 0.762. The van der Waals surface area contributed by atoms with Crippen LogP contribution in [0.3, 0.4) is 0 Å². The van der Waals surface area contributed by atoms with E-state index in [0.29, 0.717) is 9.52 Å². The van der Waals surface area contributed by atoms with Crippen molar-refractivity contribution in [1.82, 2.24) is 4.98 Å². The molecule has 2 rings (SSSR count). The minimum Gasteiger partial charge on any atom is -0.337 e. The van der Waals surface area contributed by atoms with E-state index in [1.165, 1.54) is 23.5 Å². The molecule has 0 unspecified atom stereocenters. The number of thiazole rings is 1. The maximum atomic E-state index is 13.3. The fraction of sp³-hybridized carbons (Fsp3) is 0.182. The monoisotopic (exact) mass is 284 g/mol. The van der Waals surface area contributed by atoms with Crippen molar-refractivity contribution in [2.24, 2.45) is 0 Å². The van der Waals surface area contributed by atoms with Crippen LogP contribution in [0.2, 0.25) is 0 Å². The third kappa shape index (κ3) is 2.32. The fourth-order valence-electron chi connectivity index (χ4n) is 1.65. The summed E-state index contributed by atoms with van der Waals surface area (Å²) in [4.78, 5) is 14.0. The second kappa shape index (κ2) is 4.95. The summed E-state index contributed by atoms with van der Waals surface area (Å²) in [5.41, 5.74) is 0.781. The Morgan fingerprint density at radius 2 is 2.28 bits per heavy atom. The highest BCUT2D eigenvalue weighted by Crippen LogP contribution is 2.30. The molecule has 0 spiro atoms. The predicted molar refractivity (Wildman–Crippen MR) is 70.9 cm³/mol. The van der Waals surface area contributed by atoms with Gasteiger partial charge in [-0.3, -0.25) is 10.1 Å². The van der Waals surface area contributed by atoms with Gasteiger partial charge in [-0.2, -0.15) is 4.39 Å². The Morgan fingerprint density at radius 3 is 2.89 bits per heavy atom. The van der Waals surface area contributed by atoms with Crippen molar-refractivity contribution >= 4 is 29.2 Å². The van der Waals surface area contributed by atoms with Crippen LogP contribution in [-0.2, 0) is 6.42 Å². The molecule has 1 N–H and O–H groups in total. The fourth-order valence-corrected chi connectivity index (χ4v) is 2.85. The van der Waals surface area contributed by atoms with Crippen molar-refractivity contribution in [3.05, 3.63) is 43.0 Å². The van der Waals surface area contributed by atoms with Crippen LogP contribution >= 0.6 is 23.6 Å². The van der Waals surface area contributed by atoms with Crippen molar-refractivity contribution in [3.8, 4) is 11.3 Å². The minimum absolute atomic E-state index is 0.528.